The lowest BCUT2D eigenvalue weighted by Crippen LogP contribution is -2.61. The molecule has 0 N–H and O–H groups in total. The zero-order chi connectivity index (χ0) is 87.5. The maximum absolute atomic E-state index is 10.4. The summed E-state index contributed by atoms with van der Waals surface area (Å²) in [6.45, 7) is 5.60. The third kappa shape index (κ3) is 9.10. The predicted molar refractivity (Wildman–Crippen MR) is 447 cm³/mol. The number of rotatable bonds is 5. The van der Waals surface area contributed by atoms with Crippen molar-refractivity contribution in [2.24, 2.45) is 0 Å². The SMILES string of the molecule is [2H]c1c([2H])c([2H])c(-c2c([2H])c([2H])c3c(c2[2H])c2c([2H])c([2H])c([2H])c([2H])c2n3-c2ccc3c(c2)N2c4cc(C(C)(C)C)cc5c4B3c3ccc(-n4c6c([2H])c([2H])c([2H])c([2H])c6c6c([2H])c([2H])c([2H])c([2H])c64)cc3N5c3c(-c4ccccc4)cccc3-c3cccc(c3)-c3ccc4oc5ccc(cc5c4c3)-c3cccc(c3)-c3cccc(-c4ccccc4)c32)c([2H])c1[2H]. The molecule has 5 nitrogen and oxygen atoms in total. The van der Waals surface area contributed by atoms with Crippen molar-refractivity contribution in [3.8, 4) is 89.3 Å². The van der Waals surface area contributed by atoms with Crippen molar-refractivity contribution in [1.29, 1.82) is 0 Å². The molecule has 22 rings (SSSR count). The summed E-state index contributed by atoms with van der Waals surface area (Å²) in [6.07, 6.45) is 0. The van der Waals surface area contributed by atoms with Crippen LogP contribution >= 0.6 is 0 Å². The molecule has 19 aromatic rings. The first kappa shape index (κ1) is 43.5. The highest BCUT2D eigenvalue weighted by Gasteiger charge is 2.46. The molecule has 0 saturated carbocycles. The number of hydrogen-bond donors (Lipinski definition) is 0. The molecule has 0 atom stereocenters. The Labute approximate surface area is 643 Å². The first-order chi connectivity index (χ1) is 60.5. The van der Waals surface area contributed by atoms with Gasteiger partial charge in [0.1, 0.15) is 11.2 Å². The molecule has 3 aliphatic rings. The number of benzene rings is 16. The van der Waals surface area contributed by atoms with E-state index in [1.165, 1.54) is 9.13 Å². The Kier molecular flexibility index (Phi) is 9.46. The van der Waals surface area contributed by atoms with Crippen LogP contribution in [0.4, 0.5) is 34.1 Å². The molecule has 16 aromatic carbocycles. The topological polar surface area (TPSA) is 29.5 Å². The van der Waals surface area contributed by atoms with Crippen molar-refractivity contribution in [3.63, 3.8) is 0 Å². The van der Waals surface area contributed by atoms with E-state index in [1.54, 1.807) is 6.07 Å². The molecule has 0 radical (unpaired) electrons. The van der Waals surface area contributed by atoms with Gasteiger partial charge in [-0.05, 0) is 186 Å². The van der Waals surface area contributed by atoms with Crippen molar-refractivity contribution in [3.05, 3.63) is 357 Å². The van der Waals surface area contributed by atoms with E-state index in [2.05, 4.69) is 158 Å². The summed E-state index contributed by atoms with van der Waals surface area (Å²) in [6, 6.07) is 65.4. The van der Waals surface area contributed by atoms with E-state index in [4.69, 9.17) is 11.3 Å². The number of hydrogen-bond acceptors (Lipinski definition) is 3. The van der Waals surface area contributed by atoms with Gasteiger partial charge in [-0.25, -0.2) is 0 Å². The van der Waals surface area contributed by atoms with Crippen LogP contribution in [0, 0.1) is 0 Å². The minimum Gasteiger partial charge on any atom is -0.456 e. The summed E-state index contributed by atoms with van der Waals surface area (Å²) in [5, 5.41) is 1.13. The van der Waals surface area contributed by atoms with Crippen molar-refractivity contribution >= 4 is 123 Å². The van der Waals surface area contributed by atoms with Gasteiger partial charge < -0.3 is 23.4 Å². The van der Waals surface area contributed by atoms with Gasteiger partial charge in [0.15, 0.2) is 0 Å². The molecule has 0 saturated heterocycles. The molecule has 0 amide bonds. The van der Waals surface area contributed by atoms with Crippen LogP contribution in [0.1, 0.15) is 53.7 Å². The summed E-state index contributed by atoms with van der Waals surface area (Å²) < 4.78 is 200. The number of nitrogens with zero attached hydrogens (tertiary/aromatic N) is 4. The predicted octanol–water partition coefficient (Wildman–Crippen LogP) is 25.1. The van der Waals surface area contributed by atoms with Crippen LogP contribution in [0.3, 0.4) is 0 Å². The van der Waals surface area contributed by atoms with Crippen LogP contribution in [0.25, 0.3) is 155 Å². The summed E-state index contributed by atoms with van der Waals surface area (Å²) >= 11 is 0. The number of fused-ring (bicyclic) bond motifs is 26. The van der Waals surface area contributed by atoms with Gasteiger partial charge >= 0.3 is 0 Å². The van der Waals surface area contributed by atoms with Gasteiger partial charge in [0, 0.05) is 88.7 Å². The first-order valence-electron chi connectivity index (χ1n) is 45.3. The Morgan fingerprint density at radius 2 is 0.717 bits per heavy atom. The lowest BCUT2D eigenvalue weighted by Gasteiger charge is -2.46. The van der Waals surface area contributed by atoms with E-state index in [0.717, 1.165) is 88.6 Å². The first-order valence-corrected chi connectivity index (χ1v) is 35.3. The van der Waals surface area contributed by atoms with E-state index in [9.17, 15) is 20.6 Å². The molecule has 0 aliphatic carbocycles. The molecule has 3 aliphatic heterocycles. The summed E-state index contributed by atoms with van der Waals surface area (Å²) in [4.78, 5) is 4.56. The molecule has 0 unspecified atom stereocenters. The van der Waals surface area contributed by atoms with Crippen molar-refractivity contribution in [2.75, 3.05) is 9.80 Å². The third-order valence-electron chi connectivity index (χ3n) is 21.5. The minimum absolute atomic E-state index is 0.0851. The third-order valence-corrected chi connectivity index (χ3v) is 21.5. The second-order valence-corrected chi connectivity index (χ2v) is 28.4. The lowest BCUT2D eigenvalue weighted by atomic mass is 9.33. The van der Waals surface area contributed by atoms with Crippen LogP contribution in [0.15, 0.2) is 356 Å². The Bertz CT molecular complexity index is 8030. The average molecular weight is 1370 g/mol. The van der Waals surface area contributed by atoms with E-state index >= 15 is 0 Å². The molecule has 6 heterocycles. The van der Waals surface area contributed by atoms with Crippen LogP contribution < -0.4 is 26.2 Å². The van der Waals surface area contributed by atoms with Gasteiger partial charge in [0.05, 0.1) is 60.9 Å². The monoisotopic (exact) mass is 1370 g/mol. The van der Waals surface area contributed by atoms with Gasteiger partial charge in [-0.15, -0.1) is 0 Å². The Hall–Kier alpha value is -13.4. The fraction of sp³-hybridized carbons (Fsp3) is 0.0400. The number of aromatic nitrogens is 2. The average Bonchev–Trinajstić information content (AvgIpc) is 0.982. The minimum atomic E-state index is -0.844. The van der Waals surface area contributed by atoms with Gasteiger partial charge in [0.25, 0.3) is 6.71 Å². The van der Waals surface area contributed by atoms with Crippen molar-refractivity contribution < 1.29 is 31.8 Å². The molecule has 3 aromatic heterocycles. The van der Waals surface area contributed by atoms with Crippen LogP contribution in [0.5, 0.6) is 0 Å². The quantitative estimate of drug-likeness (QED) is 0.161. The molecule has 13 bridgehead atoms. The molecule has 0 spiro atoms. The molecule has 6 heteroatoms. The summed E-state index contributed by atoms with van der Waals surface area (Å²) in [5.74, 6) is 0. The number of anilines is 6. The fourth-order valence-corrected chi connectivity index (χ4v) is 16.7. The fourth-order valence-electron chi connectivity index (χ4n) is 16.7. The highest BCUT2D eigenvalue weighted by Crippen LogP contribution is 2.55. The summed E-state index contributed by atoms with van der Waals surface area (Å²) in [7, 11) is 0. The normalized spacial score (nSPS) is 15.4. The zero-order valence-electron chi connectivity index (χ0n) is 77.2. The molecule has 106 heavy (non-hydrogen) atoms. The Balaban J connectivity index is 0.945. The summed E-state index contributed by atoms with van der Waals surface area (Å²) in [5.41, 5.74) is 16.4. The van der Waals surface area contributed by atoms with Gasteiger partial charge in [-0.1, -0.05) is 269 Å². The van der Waals surface area contributed by atoms with Crippen molar-refractivity contribution in [1.82, 2.24) is 9.13 Å². The maximum atomic E-state index is 10.4. The standard InChI is InChI=1S/C100H67BN4O/c1-100(2,3)72-58-93-97-94(59-72)105-92-61-74(103-89-42-18-15-35-81(89)82-55-67(43-50-90(82)103)62-23-7-4-8-24-62)47-49-86(92)101(97)85-48-46-73(102-87-40-16-13-33-79(87)80-34-14-17-41-88(80)102)60-91(85)104(93)98-75(63-25-9-5-10-26-63)36-21-38-77(98)70-31-19-29-65(53-70)68-44-51-95-83(56-68)84-57-69(45-52-96(84)106-95)66-30-20-32-71(54-66)78-39-22-37-76(99(78)105)64-27-11-6-12-28-64/h4-61H,1-3H3/i4D,7D,8D,13D,14D,15D,16D,17D,18D,23D,24D,33D,34D,35D,40D,41D,42D,43D,50D,55D. The van der Waals surface area contributed by atoms with Crippen molar-refractivity contribution in [2.45, 2.75) is 26.2 Å². The van der Waals surface area contributed by atoms with Crippen LogP contribution in [0.2, 0.25) is 0 Å². The highest BCUT2D eigenvalue weighted by molar-refractivity contribution is 7.00. The maximum Gasteiger partial charge on any atom is 0.252 e. The molecule has 496 valence electrons. The van der Waals surface area contributed by atoms with E-state index in [-0.39, 0.29) is 55.0 Å². The second-order valence-electron chi connectivity index (χ2n) is 28.4. The van der Waals surface area contributed by atoms with Crippen LogP contribution in [-0.2, 0) is 5.41 Å². The lowest BCUT2D eigenvalue weighted by molar-refractivity contribution is 0.590. The molecular formula is C100H67BN4O. The largest absolute Gasteiger partial charge is 0.456 e. The smallest absolute Gasteiger partial charge is 0.252 e. The van der Waals surface area contributed by atoms with E-state index in [1.807, 2.05) is 97.1 Å². The number of furan rings is 1. The second kappa shape index (κ2) is 23.0. The number of para-hydroxylation sites is 5. The highest BCUT2D eigenvalue weighted by atomic mass is 16.3. The Morgan fingerprint density at radius 3 is 1.21 bits per heavy atom. The zero-order valence-corrected chi connectivity index (χ0v) is 57.2. The van der Waals surface area contributed by atoms with E-state index in [0.29, 0.717) is 56.2 Å². The van der Waals surface area contributed by atoms with Crippen LogP contribution in [-0.4, -0.2) is 15.8 Å². The Morgan fingerprint density at radius 1 is 0.302 bits per heavy atom. The van der Waals surface area contributed by atoms with Gasteiger partial charge in [0.2, 0.25) is 0 Å². The van der Waals surface area contributed by atoms with E-state index < -0.39 is 144 Å². The van der Waals surface area contributed by atoms with Gasteiger partial charge in [-0.3, -0.25) is 0 Å². The molecule has 0 fully saturated rings. The van der Waals surface area contributed by atoms with Gasteiger partial charge in [-0.2, -0.15) is 0 Å². The molecular weight excluding hydrogens is 1280 g/mol.